The van der Waals surface area contributed by atoms with Gasteiger partial charge in [-0.3, -0.25) is 0 Å². The standard InChI is InChI=1S/C9H22N2/c1-7(5-9(3)11)4-8(2)6-10/h7-9H,4-6,10-11H2,1-3H3/p+1. The normalized spacial score (nSPS) is 19.4. The number of hydrogen-bond donors (Lipinski definition) is 2. The molecule has 0 spiro atoms. The minimum absolute atomic E-state index is 0.349. The Balaban J connectivity index is 3.43. The van der Waals surface area contributed by atoms with E-state index in [4.69, 9.17) is 5.73 Å². The molecule has 0 heterocycles. The molecule has 2 heteroatoms. The molecule has 68 valence electrons. The molecule has 0 aromatic rings. The Bertz CT molecular complexity index is 91.6. The molecule has 0 aliphatic carbocycles. The van der Waals surface area contributed by atoms with Crippen LogP contribution in [-0.2, 0) is 0 Å². The van der Waals surface area contributed by atoms with Gasteiger partial charge in [-0.2, -0.15) is 0 Å². The Kier molecular flexibility index (Phi) is 5.51. The average Bonchev–Trinajstić information content (AvgIpc) is 1.85. The number of rotatable bonds is 5. The highest BCUT2D eigenvalue weighted by Crippen LogP contribution is 2.14. The van der Waals surface area contributed by atoms with E-state index in [-0.39, 0.29) is 0 Å². The first-order valence-electron chi connectivity index (χ1n) is 4.61. The van der Waals surface area contributed by atoms with Crippen molar-refractivity contribution in [3.63, 3.8) is 0 Å². The van der Waals surface area contributed by atoms with Crippen LogP contribution in [0.25, 0.3) is 0 Å². The summed E-state index contributed by atoms with van der Waals surface area (Å²) in [5, 5.41) is 0. The molecule has 0 bridgehead atoms. The van der Waals surface area contributed by atoms with Crippen LogP contribution in [0.2, 0.25) is 0 Å². The van der Waals surface area contributed by atoms with E-state index < -0.39 is 0 Å². The van der Waals surface area contributed by atoms with Crippen molar-refractivity contribution in [2.45, 2.75) is 39.7 Å². The van der Waals surface area contributed by atoms with E-state index in [2.05, 4.69) is 26.5 Å². The van der Waals surface area contributed by atoms with Crippen molar-refractivity contribution in [3.8, 4) is 0 Å². The number of hydrogen-bond acceptors (Lipinski definition) is 1. The van der Waals surface area contributed by atoms with Gasteiger partial charge in [0.15, 0.2) is 0 Å². The molecular weight excluding hydrogens is 136 g/mol. The van der Waals surface area contributed by atoms with E-state index in [1.807, 2.05) is 0 Å². The monoisotopic (exact) mass is 159 g/mol. The highest BCUT2D eigenvalue weighted by Gasteiger charge is 2.09. The van der Waals surface area contributed by atoms with Crippen LogP contribution >= 0.6 is 0 Å². The van der Waals surface area contributed by atoms with E-state index in [1.54, 1.807) is 0 Å². The van der Waals surface area contributed by atoms with Crippen molar-refractivity contribution in [1.82, 2.24) is 0 Å². The molecule has 0 rings (SSSR count). The van der Waals surface area contributed by atoms with Crippen molar-refractivity contribution in [3.05, 3.63) is 0 Å². The number of nitrogens with two attached hydrogens (primary N) is 1. The second kappa shape index (κ2) is 5.56. The minimum Gasteiger partial charge on any atom is -0.357 e. The van der Waals surface area contributed by atoms with Gasteiger partial charge in [0.2, 0.25) is 0 Å². The van der Waals surface area contributed by atoms with Gasteiger partial charge in [0.25, 0.3) is 0 Å². The Morgan fingerprint density at radius 1 is 1.09 bits per heavy atom. The summed E-state index contributed by atoms with van der Waals surface area (Å²) in [6.45, 7) is 7.65. The van der Waals surface area contributed by atoms with E-state index in [0.717, 1.165) is 24.8 Å². The SMILES string of the molecule is CC(N)CC(C)CC(C)C[NH3+]. The lowest BCUT2D eigenvalue weighted by atomic mass is 9.92. The molecule has 0 fully saturated rings. The van der Waals surface area contributed by atoms with Gasteiger partial charge in [-0.05, 0) is 25.7 Å². The smallest absolute Gasteiger partial charge is 0.0765 e. The van der Waals surface area contributed by atoms with Crippen LogP contribution < -0.4 is 11.5 Å². The largest absolute Gasteiger partial charge is 0.357 e. The van der Waals surface area contributed by atoms with Crippen LogP contribution in [-0.4, -0.2) is 12.6 Å². The van der Waals surface area contributed by atoms with E-state index in [9.17, 15) is 0 Å². The first kappa shape index (κ1) is 10.9. The molecule has 0 saturated carbocycles. The maximum absolute atomic E-state index is 5.69. The van der Waals surface area contributed by atoms with Crippen molar-refractivity contribution in [1.29, 1.82) is 0 Å². The minimum atomic E-state index is 0.349. The van der Waals surface area contributed by atoms with Gasteiger partial charge in [-0.1, -0.05) is 13.8 Å². The maximum Gasteiger partial charge on any atom is 0.0765 e. The third-order valence-electron chi connectivity index (χ3n) is 2.07. The first-order chi connectivity index (χ1) is 5.06. The molecule has 2 nitrogen and oxygen atoms in total. The van der Waals surface area contributed by atoms with Crippen molar-refractivity contribution in [2.75, 3.05) is 6.54 Å². The van der Waals surface area contributed by atoms with Crippen molar-refractivity contribution >= 4 is 0 Å². The molecule has 5 N–H and O–H groups in total. The van der Waals surface area contributed by atoms with Gasteiger partial charge in [0, 0.05) is 12.0 Å². The third-order valence-corrected chi connectivity index (χ3v) is 2.07. The third kappa shape index (κ3) is 6.32. The maximum atomic E-state index is 5.69. The van der Waals surface area contributed by atoms with Crippen LogP contribution in [0.1, 0.15) is 33.6 Å². The topological polar surface area (TPSA) is 53.7 Å². The fourth-order valence-corrected chi connectivity index (χ4v) is 1.54. The molecule has 3 unspecified atom stereocenters. The van der Waals surface area contributed by atoms with Crippen molar-refractivity contribution < 1.29 is 5.73 Å². The molecule has 0 aliphatic heterocycles. The Morgan fingerprint density at radius 3 is 2.00 bits per heavy atom. The molecule has 0 aromatic carbocycles. The zero-order valence-corrected chi connectivity index (χ0v) is 8.14. The molecule has 0 aromatic heterocycles. The van der Waals surface area contributed by atoms with Crippen LogP contribution in [0.3, 0.4) is 0 Å². The lowest BCUT2D eigenvalue weighted by molar-refractivity contribution is -0.378. The molecular formula is C9H23N2+. The molecule has 0 saturated heterocycles. The highest BCUT2D eigenvalue weighted by atomic mass is 14.6. The lowest BCUT2D eigenvalue weighted by Gasteiger charge is -2.16. The van der Waals surface area contributed by atoms with Gasteiger partial charge in [-0.25, -0.2) is 0 Å². The quantitative estimate of drug-likeness (QED) is 0.607. The molecule has 3 atom stereocenters. The molecule has 11 heavy (non-hydrogen) atoms. The lowest BCUT2D eigenvalue weighted by Crippen LogP contribution is -2.53. The van der Waals surface area contributed by atoms with E-state index in [1.165, 1.54) is 6.42 Å². The summed E-state index contributed by atoms with van der Waals surface area (Å²) in [5.74, 6) is 1.51. The summed E-state index contributed by atoms with van der Waals surface area (Å²) in [7, 11) is 0. The summed E-state index contributed by atoms with van der Waals surface area (Å²) >= 11 is 0. The number of quaternary nitrogens is 1. The Morgan fingerprint density at radius 2 is 1.64 bits per heavy atom. The van der Waals surface area contributed by atoms with Crippen LogP contribution in [0.5, 0.6) is 0 Å². The summed E-state index contributed by atoms with van der Waals surface area (Å²) in [4.78, 5) is 0. The predicted octanol–water partition coefficient (Wildman–Crippen LogP) is 0.628. The van der Waals surface area contributed by atoms with Crippen LogP contribution in [0, 0.1) is 11.8 Å². The summed E-state index contributed by atoms with van der Waals surface area (Å²) < 4.78 is 0. The summed E-state index contributed by atoms with van der Waals surface area (Å²) in [6.07, 6.45) is 2.41. The van der Waals surface area contributed by atoms with Gasteiger partial charge < -0.3 is 11.5 Å². The van der Waals surface area contributed by atoms with Gasteiger partial charge in [-0.15, -0.1) is 0 Å². The predicted molar refractivity (Wildman–Crippen MR) is 49.0 cm³/mol. The van der Waals surface area contributed by atoms with E-state index in [0.29, 0.717) is 6.04 Å². The zero-order chi connectivity index (χ0) is 8.85. The Hall–Kier alpha value is -0.0800. The van der Waals surface area contributed by atoms with Gasteiger partial charge in [0.1, 0.15) is 0 Å². The summed E-state index contributed by atoms with van der Waals surface area (Å²) in [5.41, 5.74) is 9.58. The fraction of sp³-hybridized carbons (Fsp3) is 1.00. The first-order valence-corrected chi connectivity index (χ1v) is 4.61. The molecule has 0 radical (unpaired) electrons. The average molecular weight is 159 g/mol. The molecule has 0 aliphatic rings. The zero-order valence-electron chi connectivity index (χ0n) is 8.14. The Labute approximate surface area is 70.3 Å². The van der Waals surface area contributed by atoms with Gasteiger partial charge >= 0.3 is 0 Å². The second-order valence-corrected chi connectivity index (χ2v) is 3.95. The highest BCUT2D eigenvalue weighted by molar-refractivity contribution is 4.63. The van der Waals surface area contributed by atoms with Crippen LogP contribution in [0.4, 0.5) is 0 Å². The van der Waals surface area contributed by atoms with E-state index >= 15 is 0 Å². The van der Waals surface area contributed by atoms with Crippen molar-refractivity contribution in [2.24, 2.45) is 17.6 Å². The van der Waals surface area contributed by atoms with Gasteiger partial charge in [0.05, 0.1) is 6.54 Å². The summed E-state index contributed by atoms with van der Waals surface area (Å²) in [6, 6.07) is 0.349. The van der Waals surface area contributed by atoms with Crippen LogP contribution in [0.15, 0.2) is 0 Å². The fourth-order valence-electron chi connectivity index (χ4n) is 1.54. The second-order valence-electron chi connectivity index (χ2n) is 3.95. The molecule has 0 amide bonds.